The van der Waals surface area contributed by atoms with Crippen LogP contribution < -0.4 is 5.32 Å². The Labute approximate surface area is 95.8 Å². The molecule has 1 N–H and O–H groups in total. The normalized spacial score (nSPS) is 33.2. The third kappa shape index (κ3) is 1.75. The van der Waals surface area contributed by atoms with Crippen LogP contribution in [0.2, 0.25) is 0 Å². The summed E-state index contributed by atoms with van der Waals surface area (Å²) in [5.41, 5.74) is 0. The second-order valence-corrected chi connectivity index (χ2v) is 5.20. The molecule has 3 aliphatic carbocycles. The molecule has 3 saturated carbocycles. The molecule has 1 unspecified atom stereocenters. The van der Waals surface area contributed by atoms with Gasteiger partial charge in [-0.3, -0.25) is 0 Å². The van der Waals surface area contributed by atoms with Crippen molar-refractivity contribution in [3.8, 4) is 0 Å². The molecule has 88 valence electrons. The van der Waals surface area contributed by atoms with Gasteiger partial charge in [0, 0.05) is 5.92 Å². The second kappa shape index (κ2) is 4.17. The summed E-state index contributed by atoms with van der Waals surface area (Å²) < 4.78 is 5.41. The van der Waals surface area contributed by atoms with Crippen LogP contribution in [0.3, 0.4) is 0 Å². The van der Waals surface area contributed by atoms with Crippen LogP contribution in [0, 0.1) is 11.8 Å². The lowest BCUT2D eigenvalue weighted by Gasteiger charge is -2.40. The highest BCUT2D eigenvalue weighted by molar-refractivity contribution is 5.02. The van der Waals surface area contributed by atoms with E-state index in [4.69, 9.17) is 4.52 Å². The Kier molecular flexibility index (Phi) is 2.67. The third-order valence-corrected chi connectivity index (χ3v) is 4.18. The van der Waals surface area contributed by atoms with Crippen molar-refractivity contribution >= 4 is 0 Å². The minimum absolute atomic E-state index is 0.547. The first-order valence-electron chi connectivity index (χ1n) is 6.34. The number of rotatable bonds is 3. The van der Waals surface area contributed by atoms with Crippen LogP contribution in [0.25, 0.3) is 0 Å². The highest BCUT2D eigenvalue weighted by Gasteiger charge is 2.39. The van der Waals surface area contributed by atoms with Gasteiger partial charge in [-0.1, -0.05) is 18.0 Å². The molecule has 1 heterocycles. The molecule has 0 radical (unpaired) electrons. The summed E-state index contributed by atoms with van der Waals surface area (Å²) in [7, 11) is 1.90. The average molecular weight is 221 g/mol. The Balaban J connectivity index is 1.76. The van der Waals surface area contributed by atoms with E-state index in [-0.39, 0.29) is 0 Å². The fourth-order valence-corrected chi connectivity index (χ4v) is 3.33. The van der Waals surface area contributed by atoms with Crippen molar-refractivity contribution in [3.05, 3.63) is 11.7 Å². The van der Waals surface area contributed by atoms with Gasteiger partial charge in [-0.15, -0.1) is 0 Å². The van der Waals surface area contributed by atoms with Crippen molar-refractivity contribution in [2.75, 3.05) is 7.05 Å². The molecule has 0 aromatic carbocycles. The molecular weight excluding hydrogens is 202 g/mol. The van der Waals surface area contributed by atoms with Crippen LogP contribution in [-0.4, -0.2) is 17.2 Å². The number of aromatic nitrogens is 2. The zero-order valence-corrected chi connectivity index (χ0v) is 9.78. The highest BCUT2D eigenvalue weighted by Crippen LogP contribution is 2.49. The van der Waals surface area contributed by atoms with E-state index < -0.39 is 0 Å². The van der Waals surface area contributed by atoms with E-state index in [1.54, 1.807) is 0 Å². The fourth-order valence-electron chi connectivity index (χ4n) is 3.33. The first-order chi connectivity index (χ1) is 7.86. The van der Waals surface area contributed by atoms with Crippen molar-refractivity contribution in [2.45, 2.75) is 44.6 Å². The van der Waals surface area contributed by atoms with Crippen LogP contribution >= 0.6 is 0 Å². The molecule has 16 heavy (non-hydrogen) atoms. The molecule has 3 aliphatic rings. The Morgan fingerprint density at radius 2 is 2.12 bits per heavy atom. The smallest absolute Gasteiger partial charge is 0.230 e. The molecule has 1 aromatic heterocycles. The van der Waals surface area contributed by atoms with Crippen molar-refractivity contribution in [1.29, 1.82) is 0 Å². The van der Waals surface area contributed by atoms with Gasteiger partial charge in [-0.2, -0.15) is 4.98 Å². The van der Waals surface area contributed by atoms with Gasteiger partial charge >= 0.3 is 0 Å². The number of nitrogens with one attached hydrogen (secondary N) is 1. The molecule has 2 bridgehead atoms. The lowest BCUT2D eigenvalue weighted by atomic mass is 9.65. The van der Waals surface area contributed by atoms with Gasteiger partial charge < -0.3 is 9.84 Å². The van der Waals surface area contributed by atoms with Crippen LogP contribution in [0.15, 0.2) is 4.52 Å². The quantitative estimate of drug-likeness (QED) is 0.849. The Bertz CT molecular complexity index is 355. The van der Waals surface area contributed by atoms with Crippen LogP contribution in [0.1, 0.15) is 49.7 Å². The van der Waals surface area contributed by atoms with Gasteiger partial charge in [0.25, 0.3) is 0 Å². The Hall–Kier alpha value is -0.900. The summed E-state index contributed by atoms with van der Waals surface area (Å²) in [5, 5.41) is 7.07. The topological polar surface area (TPSA) is 51.0 Å². The van der Waals surface area contributed by atoms with Gasteiger partial charge in [0.05, 0.1) is 6.54 Å². The minimum Gasteiger partial charge on any atom is -0.339 e. The summed E-state index contributed by atoms with van der Waals surface area (Å²) in [4.78, 5) is 4.50. The summed E-state index contributed by atoms with van der Waals surface area (Å²) >= 11 is 0. The summed E-state index contributed by atoms with van der Waals surface area (Å²) in [5.74, 6) is 3.94. The molecule has 1 aromatic rings. The molecule has 4 rings (SSSR count). The molecule has 4 heteroatoms. The maximum atomic E-state index is 5.41. The second-order valence-electron chi connectivity index (χ2n) is 5.20. The largest absolute Gasteiger partial charge is 0.339 e. The first kappa shape index (κ1) is 10.3. The van der Waals surface area contributed by atoms with E-state index in [1.807, 2.05) is 7.05 Å². The molecule has 3 fully saturated rings. The maximum Gasteiger partial charge on any atom is 0.230 e. The SMILES string of the molecule is CNCc1noc(C2CC3CCC2CC3)n1. The van der Waals surface area contributed by atoms with Gasteiger partial charge in [-0.25, -0.2) is 0 Å². The van der Waals surface area contributed by atoms with Gasteiger partial charge in [-0.05, 0) is 38.1 Å². The van der Waals surface area contributed by atoms with E-state index in [1.165, 1.54) is 32.1 Å². The standard InChI is InChI=1S/C12H19N3O/c1-13-7-11-14-12(16-15-11)10-6-8-2-4-9(10)5-3-8/h8-10,13H,2-7H2,1H3. The monoisotopic (exact) mass is 221 g/mol. The van der Waals surface area contributed by atoms with E-state index in [9.17, 15) is 0 Å². The summed E-state index contributed by atoms with van der Waals surface area (Å²) in [6.07, 6.45) is 6.82. The number of hydrogen-bond donors (Lipinski definition) is 1. The zero-order valence-electron chi connectivity index (χ0n) is 9.78. The van der Waals surface area contributed by atoms with E-state index >= 15 is 0 Å². The predicted octanol–water partition coefficient (Wildman–Crippen LogP) is 2.08. The Morgan fingerprint density at radius 3 is 2.75 bits per heavy atom. The molecule has 4 nitrogen and oxygen atoms in total. The molecule has 0 spiro atoms. The maximum absolute atomic E-state index is 5.41. The summed E-state index contributed by atoms with van der Waals surface area (Å²) in [6.45, 7) is 0.699. The van der Waals surface area contributed by atoms with E-state index in [2.05, 4.69) is 15.5 Å². The van der Waals surface area contributed by atoms with Gasteiger partial charge in [0.2, 0.25) is 5.89 Å². The molecular formula is C12H19N3O. The first-order valence-corrected chi connectivity index (χ1v) is 6.34. The predicted molar refractivity (Wildman–Crippen MR) is 59.9 cm³/mol. The van der Waals surface area contributed by atoms with Crippen molar-refractivity contribution in [1.82, 2.24) is 15.5 Å². The molecule has 0 amide bonds. The molecule has 0 aliphatic heterocycles. The Morgan fingerprint density at radius 1 is 1.31 bits per heavy atom. The summed E-state index contributed by atoms with van der Waals surface area (Å²) in [6, 6.07) is 0. The number of fused-ring (bicyclic) bond motifs is 3. The highest BCUT2D eigenvalue weighted by atomic mass is 16.5. The molecule has 1 atom stereocenters. The van der Waals surface area contributed by atoms with E-state index in [0.717, 1.165) is 23.6 Å². The van der Waals surface area contributed by atoms with Crippen LogP contribution in [0.5, 0.6) is 0 Å². The van der Waals surface area contributed by atoms with Crippen LogP contribution in [0.4, 0.5) is 0 Å². The van der Waals surface area contributed by atoms with Crippen molar-refractivity contribution < 1.29 is 4.52 Å². The van der Waals surface area contributed by atoms with Gasteiger partial charge in [0.15, 0.2) is 5.82 Å². The lowest BCUT2D eigenvalue weighted by Crippen LogP contribution is -2.29. The lowest BCUT2D eigenvalue weighted by molar-refractivity contribution is 0.123. The van der Waals surface area contributed by atoms with Crippen LogP contribution in [-0.2, 0) is 6.54 Å². The third-order valence-electron chi connectivity index (χ3n) is 4.18. The number of hydrogen-bond acceptors (Lipinski definition) is 4. The fraction of sp³-hybridized carbons (Fsp3) is 0.833. The van der Waals surface area contributed by atoms with Crippen molar-refractivity contribution in [3.63, 3.8) is 0 Å². The minimum atomic E-state index is 0.547. The molecule has 0 saturated heterocycles. The average Bonchev–Trinajstić information content (AvgIpc) is 2.80. The van der Waals surface area contributed by atoms with Gasteiger partial charge in [0.1, 0.15) is 0 Å². The van der Waals surface area contributed by atoms with Crippen molar-refractivity contribution in [2.24, 2.45) is 11.8 Å². The zero-order chi connectivity index (χ0) is 11.0. The number of nitrogens with zero attached hydrogens (tertiary/aromatic N) is 2. The van der Waals surface area contributed by atoms with E-state index in [0.29, 0.717) is 12.5 Å².